The van der Waals surface area contributed by atoms with E-state index in [4.69, 9.17) is 17.3 Å². The number of hydrogen-bond acceptors (Lipinski definition) is 6. The Labute approximate surface area is 195 Å². The van der Waals surface area contributed by atoms with Crippen molar-refractivity contribution in [2.24, 2.45) is 0 Å². The molecule has 2 heterocycles. The predicted octanol–water partition coefficient (Wildman–Crippen LogP) is 5.14. The number of aromatic nitrogens is 4. The van der Waals surface area contributed by atoms with E-state index in [0.717, 1.165) is 27.8 Å². The van der Waals surface area contributed by atoms with Crippen LogP contribution in [-0.4, -0.2) is 19.5 Å². The second-order valence-electron chi connectivity index (χ2n) is 7.12. The summed E-state index contributed by atoms with van der Waals surface area (Å²) in [6.45, 7) is 0. The largest absolute Gasteiger partial charge is 0.383 e. The molecule has 3 aromatic carbocycles. The smallest absolute Gasteiger partial charge is 0.266 e. The minimum Gasteiger partial charge on any atom is -0.383 e. The lowest BCUT2D eigenvalue weighted by Crippen LogP contribution is -2.23. The molecule has 0 spiro atoms. The molecule has 5 rings (SSSR count). The topological polar surface area (TPSA) is 86.7 Å². The number of nitrogens with zero attached hydrogens (tertiary/aromatic N) is 4. The molecule has 33 heavy (non-hydrogen) atoms. The van der Waals surface area contributed by atoms with Crippen LogP contribution in [-0.2, 0) is 5.75 Å². The lowest BCUT2D eigenvalue weighted by Gasteiger charge is -2.14. The van der Waals surface area contributed by atoms with E-state index in [1.54, 1.807) is 12.1 Å². The first-order valence-electron chi connectivity index (χ1n) is 9.72. The van der Waals surface area contributed by atoms with Gasteiger partial charge in [0.05, 0.1) is 27.9 Å². The zero-order chi connectivity index (χ0) is 23.1. The van der Waals surface area contributed by atoms with E-state index < -0.39 is 17.2 Å². The van der Waals surface area contributed by atoms with Crippen LogP contribution in [0.2, 0.25) is 5.02 Å². The van der Waals surface area contributed by atoms with Gasteiger partial charge in [-0.3, -0.25) is 9.36 Å². The van der Waals surface area contributed by atoms with Gasteiger partial charge in [0.1, 0.15) is 23.3 Å². The molecule has 0 atom stereocenters. The molecule has 2 N–H and O–H groups in total. The summed E-state index contributed by atoms with van der Waals surface area (Å²) in [5, 5.41) is 1.47. The highest BCUT2D eigenvalue weighted by molar-refractivity contribution is 7.98. The Morgan fingerprint density at radius 3 is 2.55 bits per heavy atom. The number of para-hydroxylation sites is 1. The Morgan fingerprint density at radius 2 is 1.73 bits per heavy atom. The normalized spacial score (nSPS) is 11.4. The molecule has 5 aromatic rings. The van der Waals surface area contributed by atoms with Crippen LogP contribution >= 0.6 is 23.4 Å². The summed E-state index contributed by atoms with van der Waals surface area (Å²) >= 11 is 7.19. The van der Waals surface area contributed by atoms with E-state index in [1.807, 2.05) is 24.3 Å². The highest BCUT2D eigenvalue weighted by atomic mass is 35.5. The van der Waals surface area contributed by atoms with Crippen LogP contribution in [0.25, 0.3) is 27.5 Å². The molecule has 0 bridgehead atoms. The van der Waals surface area contributed by atoms with Crippen LogP contribution in [0.15, 0.2) is 70.6 Å². The summed E-state index contributed by atoms with van der Waals surface area (Å²) < 4.78 is 29.3. The maximum atomic E-state index is 14.7. The number of rotatable bonds is 4. The second-order valence-corrected chi connectivity index (χ2v) is 8.50. The second kappa shape index (κ2) is 8.42. The van der Waals surface area contributed by atoms with Crippen molar-refractivity contribution in [2.45, 2.75) is 10.9 Å². The standard InChI is InChI=1S/C23H14ClF2N5OS/c24-12-5-7-18-15(9-12)22(32)31(19-8-6-13(25)10-16(19)26)23(29-18)33-11-20-28-17-4-2-1-3-14(17)21(27)30-20/h1-10H,11H2,(H2,27,28,30). The number of halogens is 3. The summed E-state index contributed by atoms with van der Waals surface area (Å²) in [5.74, 6) is -0.681. The van der Waals surface area contributed by atoms with E-state index in [1.165, 1.54) is 12.1 Å². The van der Waals surface area contributed by atoms with Crippen molar-refractivity contribution in [3.8, 4) is 5.69 Å². The highest BCUT2D eigenvalue weighted by Gasteiger charge is 2.18. The molecule has 0 aliphatic rings. The first-order chi connectivity index (χ1) is 15.9. The van der Waals surface area contributed by atoms with Crippen LogP contribution in [0.3, 0.4) is 0 Å². The van der Waals surface area contributed by atoms with Gasteiger partial charge in [-0.05, 0) is 42.5 Å². The van der Waals surface area contributed by atoms with Gasteiger partial charge in [0.15, 0.2) is 5.16 Å². The summed E-state index contributed by atoms with van der Waals surface area (Å²) in [7, 11) is 0. The quantitative estimate of drug-likeness (QED) is 0.283. The third-order valence-corrected chi connectivity index (χ3v) is 6.13. The number of nitrogen functional groups attached to an aromatic ring is 1. The molecule has 0 aliphatic carbocycles. The first-order valence-corrected chi connectivity index (χ1v) is 11.1. The van der Waals surface area contributed by atoms with Crippen molar-refractivity contribution < 1.29 is 8.78 Å². The zero-order valence-electron chi connectivity index (χ0n) is 16.8. The summed E-state index contributed by atoms with van der Waals surface area (Å²) in [6, 6.07) is 15.0. The van der Waals surface area contributed by atoms with Crippen molar-refractivity contribution in [3.63, 3.8) is 0 Å². The molecule has 0 fully saturated rings. The van der Waals surface area contributed by atoms with E-state index in [-0.39, 0.29) is 22.0 Å². The van der Waals surface area contributed by atoms with Gasteiger partial charge in [0, 0.05) is 16.5 Å². The average molecular weight is 482 g/mol. The predicted molar refractivity (Wildman–Crippen MR) is 126 cm³/mol. The first kappa shape index (κ1) is 21.3. The fourth-order valence-electron chi connectivity index (χ4n) is 3.45. The molecule has 0 amide bonds. The Morgan fingerprint density at radius 1 is 0.939 bits per heavy atom. The van der Waals surface area contributed by atoms with Gasteiger partial charge < -0.3 is 5.73 Å². The van der Waals surface area contributed by atoms with Crippen molar-refractivity contribution >= 4 is 51.0 Å². The molecule has 2 aromatic heterocycles. The Kier molecular flexibility index (Phi) is 5.43. The molecule has 0 radical (unpaired) electrons. The molecule has 6 nitrogen and oxygen atoms in total. The molecule has 0 unspecified atom stereocenters. The van der Waals surface area contributed by atoms with Gasteiger partial charge in [-0.1, -0.05) is 35.5 Å². The number of anilines is 1. The number of thioether (sulfide) groups is 1. The lowest BCUT2D eigenvalue weighted by atomic mass is 10.2. The molecular weight excluding hydrogens is 468 g/mol. The molecule has 0 saturated heterocycles. The third kappa shape index (κ3) is 4.01. The lowest BCUT2D eigenvalue weighted by molar-refractivity contribution is 0.572. The van der Waals surface area contributed by atoms with Gasteiger partial charge in [0.2, 0.25) is 0 Å². The van der Waals surface area contributed by atoms with Crippen LogP contribution in [0.5, 0.6) is 0 Å². The van der Waals surface area contributed by atoms with Crippen LogP contribution < -0.4 is 11.3 Å². The number of hydrogen-bond donors (Lipinski definition) is 1. The summed E-state index contributed by atoms with van der Waals surface area (Å²) in [5.41, 5.74) is 6.48. The molecular formula is C23H14ClF2N5OS. The maximum Gasteiger partial charge on any atom is 0.266 e. The third-order valence-electron chi connectivity index (χ3n) is 4.96. The average Bonchev–Trinajstić information content (AvgIpc) is 2.79. The maximum absolute atomic E-state index is 14.7. The van der Waals surface area contributed by atoms with E-state index in [9.17, 15) is 13.6 Å². The van der Waals surface area contributed by atoms with Gasteiger partial charge in [-0.25, -0.2) is 23.7 Å². The van der Waals surface area contributed by atoms with E-state index in [2.05, 4.69) is 15.0 Å². The van der Waals surface area contributed by atoms with Gasteiger partial charge >= 0.3 is 0 Å². The fraction of sp³-hybridized carbons (Fsp3) is 0.0435. The van der Waals surface area contributed by atoms with Gasteiger partial charge in [0.25, 0.3) is 5.56 Å². The number of benzene rings is 3. The van der Waals surface area contributed by atoms with Crippen LogP contribution in [0.4, 0.5) is 14.6 Å². The Bertz CT molecular complexity index is 1610. The van der Waals surface area contributed by atoms with Crippen molar-refractivity contribution in [1.82, 2.24) is 19.5 Å². The fourth-order valence-corrected chi connectivity index (χ4v) is 4.49. The van der Waals surface area contributed by atoms with Crippen molar-refractivity contribution in [1.29, 1.82) is 0 Å². The van der Waals surface area contributed by atoms with Gasteiger partial charge in [-0.2, -0.15) is 0 Å². The van der Waals surface area contributed by atoms with Crippen LogP contribution in [0, 0.1) is 11.6 Å². The molecule has 0 aliphatic heterocycles. The van der Waals surface area contributed by atoms with Crippen molar-refractivity contribution in [2.75, 3.05) is 5.73 Å². The van der Waals surface area contributed by atoms with E-state index >= 15 is 0 Å². The number of fused-ring (bicyclic) bond motifs is 2. The Balaban J connectivity index is 1.64. The minimum atomic E-state index is -0.895. The highest BCUT2D eigenvalue weighted by Crippen LogP contribution is 2.27. The molecule has 0 saturated carbocycles. The Hall–Kier alpha value is -3.56. The van der Waals surface area contributed by atoms with Gasteiger partial charge in [-0.15, -0.1) is 0 Å². The SMILES string of the molecule is Nc1nc(CSc2nc3ccc(Cl)cc3c(=O)n2-c2ccc(F)cc2F)nc2ccccc12. The number of nitrogens with two attached hydrogens (primary N) is 1. The molecule has 10 heteroatoms. The minimum absolute atomic E-state index is 0.128. The molecule has 164 valence electrons. The zero-order valence-corrected chi connectivity index (χ0v) is 18.4. The monoisotopic (exact) mass is 481 g/mol. The summed E-state index contributed by atoms with van der Waals surface area (Å²) in [4.78, 5) is 26.7. The van der Waals surface area contributed by atoms with Crippen molar-refractivity contribution in [3.05, 3.63) is 93.5 Å². The summed E-state index contributed by atoms with van der Waals surface area (Å²) in [6.07, 6.45) is 0. The van der Waals surface area contributed by atoms with E-state index in [0.29, 0.717) is 33.8 Å². The van der Waals surface area contributed by atoms with Crippen LogP contribution in [0.1, 0.15) is 5.82 Å².